The summed E-state index contributed by atoms with van der Waals surface area (Å²) < 4.78 is 1.95. The minimum atomic E-state index is 0.133. The lowest BCUT2D eigenvalue weighted by atomic mass is 9.86. The van der Waals surface area contributed by atoms with Crippen molar-refractivity contribution >= 4 is 6.29 Å². The molecule has 0 aliphatic rings. The molecule has 0 fully saturated rings. The third-order valence-corrected chi connectivity index (χ3v) is 3.48. The highest BCUT2D eigenvalue weighted by atomic mass is 16.1. The van der Waals surface area contributed by atoms with Gasteiger partial charge in [-0.15, -0.1) is 0 Å². The van der Waals surface area contributed by atoms with Gasteiger partial charge in [-0.25, -0.2) is 4.98 Å². The van der Waals surface area contributed by atoms with Crippen LogP contribution in [0.2, 0.25) is 0 Å². The molecule has 0 saturated carbocycles. The van der Waals surface area contributed by atoms with Gasteiger partial charge in [0.15, 0.2) is 6.29 Å². The summed E-state index contributed by atoms with van der Waals surface area (Å²) in [5.74, 6) is 0.844. The predicted molar refractivity (Wildman–Crippen MR) is 77.5 cm³/mol. The third kappa shape index (κ3) is 2.46. The Labute approximate surface area is 114 Å². The fraction of sp³-hybridized carbons (Fsp3) is 0.375. The standard InChI is InChI=1S/C16H20N2O/c1-11-17-14(10-19)15(18(11)5)12-6-8-13(9-7-12)16(2,3)4/h6-10H,1-5H3. The van der Waals surface area contributed by atoms with E-state index in [0.717, 1.165) is 23.4 Å². The van der Waals surface area contributed by atoms with E-state index in [1.807, 2.05) is 18.5 Å². The Morgan fingerprint density at radius 3 is 2.21 bits per heavy atom. The highest BCUT2D eigenvalue weighted by Gasteiger charge is 2.16. The maximum absolute atomic E-state index is 11.1. The zero-order chi connectivity index (χ0) is 14.2. The smallest absolute Gasteiger partial charge is 0.170 e. The minimum absolute atomic E-state index is 0.133. The highest BCUT2D eigenvalue weighted by Crippen LogP contribution is 2.27. The monoisotopic (exact) mass is 256 g/mol. The van der Waals surface area contributed by atoms with Gasteiger partial charge in [-0.05, 0) is 17.9 Å². The van der Waals surface area contributed by atoms with Crippen LogP contribution in [0.15, 0.2) is 24.3 Å². The lowest BCUT2D eigenvalue weighted by molar-refractivity contribution is 0.112. The summed E-state index contributed by atoms with van der Waals surface area (Å²) in [7, 11) is 1.93. The number of aldehydes is 1. The molecule has 3 nitrogen and oxygen atoms in total. The zero-order valence-corrected chi connectivity index (χ0v) is 12.2. The van der Waals surface area contributed by atoms with Gasteiger partial charge in [-0.3, -0.25) is 4.79 Å². The van der Waals surface area contributed by atoms with E-state index < -0.39 is 0 Å². The van der Waals surface area contributed by atoms with Crippen LogP contribution in [0.5, 0.6) is 0 Å². The van der Waals surface area contributed by atoms with Crippen LogP contribution in [-0.2, 0) is 12.5 Å². The second kappa shape index (κ2) is 4.65. The van der Waals surface area contributed by atoms with E-state index in [9.17, 15) is 4.79 Å². The largest absolute Gasteiger partial charge is 0.331 e. The number of carbonyl (C=O) groups excluding carboxylic acids is 1. The lowest BCUT2D eigenvalue weighted by Crippen LogP contribution is -2.10. The zero-order valence-electron chi connectivity index (χ0n) is 12.2. The molecule has 0 radical (unpaired) electrons. The molecule has 0 unspecified atom stereocenters. The van der Waals surface area contributed by atoms with Crippen LogP contribution in [0, 0.1) is 6.92 Å². The predicted octanol–water partition coefficient (Wildman–Crippen LogP) is 3.51. The fourth-order valence-corrected chi connectivity index (χ4v) is 2.19. The molecular weight excluding hydrogens is 236 g/mol. The van der Waals surface area contributed by atoms with Gasteiger partial charge in [0.05, 0.1) is 5.69 Å². The number of benzene rings is 1. The average molecular weight is 256 g/mol. The van der Waals surface area contributed by atoms with Crippen LogP contribution in [-0.4, -0.2) is 15.8 Å². The molecule has 0 amide bonds. The summed E-state index contributed by atoms with van der Waals surface area (Å²) in [6.45, 7) is 8.47. The van der Waals surface area contributed by atoms with Crippen LogP contribution in [0.4, 0.5) is 0 Å². The first-order valence-electron chi connectivity index (χ1n) is 6.44. The Bertz CT molecular complexity index is 601. The number of carbonyl (C=O) groups is 1. The van der Waals surface area contributed by atoms with E-state index in [1.165, 1.54) is 5.56 Å². The van der Waals surface area contributed by atoms with Crippen LogP contribution in [0.1, 0.15) is 42.6 Å². The molecular formula is C16H20N2O. The molecule has 0 aliphatic heterocycles. The molecule has 3 heteroatoms. The maximum atomic E-state index is 11.1. The Hall–Kier alpha value is -1.90. The average Bonchev–Trinajstić information content (AvgIpc) is 2.64. The molecule has 0 bridgehead atoms. The van der Waals surface area contributed by atoms with Crippen molar-refractivity contribution in [1.82, 2.24) is 9.55 Å². The Balaban J connectivity index is 2.51. The van der Waals surface area contributed by atoms with Crippen molar-refractivity contribution in [2.75, 3.05) is 0 Å². The quantitative estimate of drug-likeness (QED) is 0.771. The normalized spacial score (nSPS) is 11.6. The maximum Gasteiger partial charge on any atom is 0.170 e. The van der Waals surface area contributed by atoms with Crippen LogP contribution in [0.25, 0.3) is 11.3 Å². The van der Waals surface area contributed by atoms with Gasteiger partial charge < -0.3 is 4.57 Å². The van der Waals surface area contributed by atoms with Crippen molar-refractivity contribution in [3.63, 3.8) is 0 Å². The lowest BCUT2D eigenvalue weighted by Gasteiger charge is -2.19. The second-order valence-electron chi connectivity index (χ2n) is 5.90. The molecule has 0 N–H and O–H groups in total. The number of nitrogens with zero attached hydrogens (tertiary/aromatic N) is 2. The molecule has 2 rings (SSSR count). The number of aryl methyl sites for hydroxylation is 1. The first-order chi connectivity index (χ1) is 8.84. The van der Waals surface area contributed by atoms with Gasteiger partial charge in [0.25, 0.3) is 0 Å². The number of imidazole rings is 1. The number of hydrogen-bond acceptors (Lipinski definition) is 2. The molecule has 0 spiro atoms. The van der Waals surface area contributed by atoms with Crippen molar-refractivity contribution in [3.8, 4) is 11.3 Å². The Morgan fingerprint density at radius 1 is 1.16 bits per heavy atom. The summed E-state index contributed by atoms with van der Waals surface area (Å²) in [5.41, 5.74) is 3.83. The minimum Gasteiger partial charge on any atom is -0.331 e. The molecule has 100 valence electrons. The molecule has 2 aromatic rings. The van der Waals surface area contributed by atoms with Gasteiger partial charge in [0, 0.05) is 12.6 Å². The van der Waals surface area contributed by atoms with Crippen molar-refractivity contribution < 1.29 is 4.79 Å². The van der Waals surface area contributed by atoms with Crippen molar-refractivity contribution in [2.24, 2.45) is 7.05 Å². The van der Waals surface area contributed by atoms with Gasteiger partial charge in [-0.2, -0.15) is 0 Å². The van der Waals surface area contributed by atoms with Crippen LogP contribution >= 0.6 is 0 Å². The molecule has 0 aliphatic carbocycles. The van der Waals surface area contributed by atoms with E-state index in [-0.39, 0.29) is 5.41 Å². The molecule has 0 atom stereocenters. The van der Waals surface area contributed by atoms with Gasteiger partial charge >= 0.3 is 0 Å². The number of aromatic nitrogens is 2. The first kappa shape index (κ1) is 13.5. The fourth-order valence-electron chi connectivity index (χ4n) is 2.19. The SMILES string of the molecule is Cc1nc(C=O)c(-c2ccc(C(C)(C)C)cc2)n1C. The second-order valence-corrected chi connectivity index (χ2v) is 5.90. The number of rotatable bonds is 2. The van der Waals surface area contributed by atoms with Crippen LogP contribution < -0.4 is 0 Å². The van der Waals surface area contributed by atoms with Gasteiger partial charge in [0.1, 0.15) is 11.5 Å². The van der Waals surface area contributed by atoms with E-state index >= 15 is 0 Å². The van der Waals surface area contributed by atoms with Crippen molar-refractivity contribution in [2.45, 2.75) is 33.1 Å². The number of hydrogen-bond donors (Lipinski definition) is 0. The molecule has 0 saturated heterocycles. The van der Waals surface area contributed by atoms with E-state index in [0.29, 0.717) is 5.69 Å². The van der Waals surface area contributed by atoms with Gasteiger partial charge in [-0.1, -0.05) is 45.0 Å². The van der Waals surface area contributed by atoms with Gasteiger partial charge in [0.2, 0.25) is 0 Å². The summed E-state index contributed by atoms with van der Waals surface area (Å²) >= 11 is 0. The summed E-state index contributed by atoms with van der Waals surface area (Å²) in [6.07, 6.45) is 0.819. The summed E-state index contributed by atoms with van der Waals surface area (Å²) in [5, 5.41) is 0. The van der Waals surface area contributed by atoms with E-state index in [2.05, 4.69) is 50.0 Å². The molecule has 1 aromatic heterocycles. The molecule has 1 heterocycles. The van der Waals surface area contributed by atoms with Crippen LogP contribution in [0.3, 0.4) is 0 Å². The summed E-state index contributed by atoms with van der Waals surface area (Å²) in [6, 6.07) is 8.35. The summed E-state index contributed by atoms with van der Waals surface area (Å²) in [4.78, 5) is 15.4. The highest BCUT2D eigenvalue weighted by molar-refractivity contribution is 5.84. The van der Waals surface area contributed by atoms with Crippen molar-refractivity contribution in [1.29, 1.82) is 0 Å². The first-order valence-corrected chi connectivity index (χ1v) is 6.44. The van der Waals surface area contributed by atoms with E-state index in [1.54, 1.807) is 0 Å². The molecule has 19 heavy (non-hydrogen) atoms. The van der Waals surface area contributed by atoms with Crippen molar-refractivity contribution in [3.05, 3.63) is 41.3 Å². The Morgan fingerprint density at radius 2 is 1.74 bits per heavy atom. The van der Waals surface area contributed by atoms with E-state index in [4.69, 9.17) is 0 Å². The Kier molecular flexibility index (Phi) is 3.31. The topological polar surface area (TPSA) is 34.9 Å². The third-order valence-electron chi connectivity index (χ3n) is 3.48. The molecule has 1 aromatic carbocycles.